The van der Waals surface area contributed by atoms with E-state index in [1.165, 1.54) is 10.9 Å². The third-order valence-corrected chi connectivity index (χ3v) is 3.29. The molecule has 0 saturated heterocycles. The molecule has 7 heteroatoms. The summed E-state index contributed by atoms with van der Waals surface area (Å²) in [7, 11) is 0. The lowest BCUT2D eigenvalue weighted by molar-refractivity contribution is -0.384. The second kappa shape index (κ2) is 5.09. The van der Waals surface area contributed by atoms with E-state index in [4.69, 9.17) is 5.73 Å². The lowest BCUT2D eigenvalue weighted by Crippen LogP contribution is -2.06. The zero-order chi connectivity index (χ0) is 13.1. The monoisotopic (exact) mass is 264 g/mol. The predicted octanol–water partition coefficient (Wildman–Crippen LogP) is 2.14. The summed E-state index contributed by atoms with van der Waals surface area (Å²) in [5.74, 6) is 0.0777. The molecule has 6 nitrogen and oxygen atoms in total. The SMILES string of the molecule is CSc1ccc(Cn2ncc([N+](=O)[O-])c2N)cc1. The molecular formula is C11H12N4O2S. The largest absolute Gasteiger partial charge is 0.378 e. The van der Waals surface area contributed by atoms with Crippen LogP contribution in [-0.2, 0) is 6.54 Å². The Morgan fingerprint density at radius 3 is 2.61 bits per heavy atom. The Morgan fingerprint density at radius 2 is 2.11 bits per heavy atom. The van der Waals surface area contributed by atoms with Gasteiger partial charge in [-0.15, -0.1) is 11.8 Å². The fraction of sp³-hybridized carbons (Fsp3) is 0.182. The van der Waals surface area contributed by atoms with Crippen molar-refractivity contribution in [2.45, 2.75) is 11.4 Å². The summed E-state index contributed by atoms with van der Waals surface area (Å²) in [6.45, 7) is 0.425. The van der Waals surface area contributed by atoms with Crippen molar-refractivity contribution < 1.29 is 4.92 Å². The first-order chi connectivity index (χ1) is 8.61. The van der Waals surface area contributed by atoms with Gasteiger partial charge in [0.05, 0.1) is 11.5 Å². The van der Waals surface area contributed by atoms with Crippen molar-refractivity contribution >= 4 is 23.3 Å². The molecule has 1 heterocycles. The first-order valence-corrected chi connectivity index (χ1v) is 6.43. The van der Waals surface area contributed by atoms with Crippen LogP contribution in [0.3, 0.4) is 0 Å². The molecule has 0 aliphatic carbocycles. The van der Waals surface area contributed by atoms with E-state index in [1.54, 1.807) is 11.8 Å². The molecule has 2 rings (SSSR count). The van der Waals surface area contributed by atoms with Gasteiger partial charge in [-0.05, 0) is 24.0 Å². The summed E-state index contributed by atoms with van der Waals surface area (Å²) in [6, 6.07) is 7.90. The van der Waals surface area contributed by atoms with Crippen LogP contribution in [0.1, 0.15) is 5.56 Å². The maximum atomic E-state index is 10.6. The summed E-state index contributed by atoms with van der Waals surface area (Å²) in [6.07, 6.45) is 3.18. The molecule has 2 N–H and O–H groups in total. The fourth-order valence-corrected chi connectivity index (χ4v) is 1.96. The molecular weight excluding hydrogens is 252 g/mol. The summed E-state index contributed by atoms with van der Waals surface area (Å²) >= 11 is 1.66. The summed E-state index contributed by atoms with van der Waals surface area (Å²) in [5.41, 5.74) is 6.50. The lowest BCUT2D eigenvalue weighted by Gasteiger charge is -2.04. The van der Waals surface area contributed by atoms with E-state index in [1.807, 2.05) is 30.5 Å². The van der Waals surface area contributed by atoms with Crippen LogP contribution in [0, 0.1) is 10.1 Å². The zero-order valence-corrected chi connectivity index (χ0v) is 10.6. The van der Waals surface area contributed by atoms with Gasteiger partial charge in [0.25, 0.3) is 0 Å². The second-order valence-corrected chi connectivity index (χ2v) is 4.56. The van der Waals surface area contributed by atoms with E-state index < -0.39 is 4.92 Å². The Hall–Kier alpha value is -2.02. The number of hydrogen-bond acceptors (Lipinski definition) is 5. The Morgan fingerprint density at radius 1 is 1.44 bits per heavy atom. The van der Waals surface area contributed by atoms with Crippen molar-refractivity contribution in [3.05, 3.63) is 46.1 Å². The first-order valence-electron chi connectivity index (χ1n) is 5.20. The summed E-state index contributed by atoms with van der Waals surface area (Å²) in [4.78, 5) is 11.3. The fourth-order valence-electron chi connectivity index (χ4n) is 1.56. The highest BCUT2D eigenvalue weighted by Gasteiger charge is 2.17. The molecule has 0 atom stereocenters. The highest BCUT2D eigenvalue weighted by molar-refractivity contribution is 7.98. The van der Waals surface area contributed by atoms with Gasteiger partial charge in [0.2, 0.25) is 5.82 Å². The van der Waals surface area contributed by atoms with Gasteiger partial charge in [0.1, 0.15) is 6.20 Å². The van der Waals surface area contributed by atoms with Crippen LogP contribution in [0.5, 0.6) is 0 Å². The van der Waals surface area contributed by atoms with Gasteiger partial charge in [0.15, 0.2) is 0 Å². The molecule has 94 valence electrons. The quantitative estimate of drug-likeness (QED) is 0.519. The smallest absolute Gasteiger partial charge is 0.330 e. The minimum atomic E-state index is -0.532. The van der Waals surface area contributed by atoms with Gasteiger partial charge >= 0.3 is 5.69 Å². The number of hydrogen-bond donors (Lipinski definition) is 1. The highest BCUT2D eigenvalue weighted by atomic mass is 32.2. The number of thioether (sulfide) groups is 1. The van der Waals surface area contributed by atoms with Crippen molar-refractivity contribution in [3.63, 3.8) is 0 Å². The van der Waals surface area contributed by atoms with Crippen LogP contribution in [0.2, 0.25) is 0 Å². The van der Waals surface area contributed by atoms with Gasteiger partial charge in [-0.25, -0.2) is 4.68 Å². The third-order valence-electron chi connectivity index (χ3n) is 2.55. The number of anilines is 1. The van der Waals surface area contributed by atoms with Crippen molar-refractivity contribution in [2.24, 2.45) is 0 Å². The predicted molar refractivity (Wildman–Crippen MR) is 70.6 cm³/mol. The number of nitrogen functional groups attached to an aromatic ring is 1. The van der Waals surface area contributed by atoms with Crippen molar-refractivity contribution in [1.82, 2.24) is 9.78 Å². The molecule has 0 fully saturated rings. The Labute approximate surface area is 108 Å². The van der Waals surface area contributed by atoms with Gasteiger partial charge in [-0.3, -0.25) is 10.1 Å². The zero-order valence-electron chi connectivity index (χ0n) is 9.74. The average Bonchev–Trinajstić information content (AvgIpc) is 2.72. The van der Waals surface area contributed by atoms with Gasteiger partial charge in [-0.2, -0.15) is 5.10 Å². The number of benzene rings is 1. The van der Waals surface area contributed by atoms with Crippen LogP contribution in [-0.4, -0.2) is 21.0 Å². The average molecular weight is 264 g/mol. The number of nitrogens with zero attached hydrogens (tertiary/aromatic N) is 3. The Kier molecular flexibility index (Phi) is 3.52. The number of nitrogens with two attached hydrogens (primary N) is 1. The van der Waals surface area contributed by atoms with Crippen molar-refractivity contribution in [2.75, 3.05) is 12.0 Å². The molecule has 1 aromatic carbocycles. The molecule has 0 unspecified atom stereocenters. The maximum Gasteiger partial charge on any atom is 0.330 e. The topological polar surface area (TPSA) is 87.0 Å². The molecule has 2 aromatic rings. The van der Waals surface area contributed by atoms with Crippen LogP contribution in [0.25, 0.3) is 0 Å². The van der Waals surface area contributed by atoms with Crippen LogP contribution < -0.4 is 5.73 Å². The minimum absolute atomic E-state index is 0.0777. The lowest BCUT2D eigenvalue weighted by atomic mass is 10.2. The van der Waals surface area contributed by atoms with Crippen LogP contribution in [0.15, 0.2) is 35.4 Å². The maximum absolute atomic E-state index is 10.6. The van der Waals surface area contributed by atoms with E-state index in [-0.39, 0.29) is 11.5 Å². The molecule has 0 radical (unpaired) electrons. The molecule has 18 heavy (non-hydrogen) atoms. The number of nitro groups is 1. The van der Waals surface area contributed by atoms with E-state index >= 15 is 0 Å². The van der Waals surface area contributed by atoms with E-state index in [0.29, 0.717) is 6.54 Å². The van der Waals surface area contributed by atoms with Crippen LogP contribution >= 0.6 is 11.8 Å². The Bertz CT molecular complexity index is 565. The summed E-state index contributed by atoms with van der Waals surface area (Å²) < 4.78 is 1.42. The molecule has 0 bridgehead atoms. The Balaban J connectivity index is 2.20. The molecule has 0 amide bonds. The van der Waals surface area contributed by atoms with Gasteiger partial charge < -0.3 is 5.73 Å². The number of aromatic nitrogens is 2. The van der Waals surface area contributed by atoms with Crippen molar-refractivity contribution in [3.8, 4) is 0 Å². The molecule has 0 aliphatic rings. The molecule has 0 aliphatic heterocycles. The normalized spacial score (nSPS) is 10.5. The highest BCUT2D eigenvalue weighted by Crippen LogP contribution is 2.21. The van der Waals surface area contributed by atoms with E-state index in [2.05, 4.69) is 5.10 Å². The van der Waals surface area contributed by atoms with E-state index in [9.17, 15) is 10.1 Å². The van der Waals surface area contributed by atoms with Gasteiger partial charge in [-0.1, -0.05) is 12.1 Å². The van der Waals surface area contributed by atoms with E-state index in [0.717, 1.165) is 10.5 Å². The standard InChI is InChI=1S/C11H12N4O2S/c1-18-9-4-2-8(3-5-9)7-14-11(12)10(6-13-14)15(16)17/h2-6H,7,12H2,1H3. The number of rotatable bonds is 4. The van der Waals surface area contributed by atoms with Crippen LogP contribution in [0.4, 0.5) is 11.5 Å². The third kappa shape index (κ3) is 2.45. The first kappa shape index (κ1) is 12.4. The summed E-state index contributed by atoms with van der Waals surface area (Å²) in [5, 5.41) is 14.6. The second-order valence-electron chi connectivity index (χ2n) is 3.68. The van der Waals surface area contributed by atoms with Gasteiger partial charge in [0, 0.05) is 4.90 Å². The minimum Gasteiger partial charge on any atom is -0.378 e. The molecule has 0 spiro atoms. The molecule has 0 saturated carbocycles. The molecule has 1 aromatic heterocycles. The van der Waals surface area contributed by atoms with Crippen molar-refractivity contribution in [1.29, 1.82) is 0 Å².